The lowest BCUT2D eigenvalue weighted by Crippen LogP contribution is -2.11. The summed E-state index contributed by atoms with van der Waals surface area (Å²) in [6.07, 6.45) is 1.77. The van der Waals surface area contributed by atoms with E-state index < -0.39 is 5.82 Å². The van der Waals surface area contributed by atoms with Gasteiger partial charge in [-0.05, 0) is 30.7 Å². The van der Waals surface area contributed by atoms with Crippen LogP contribution < -0.4 is 0 Å². The molecule has 0 radical (unpaired) electrons. The lowest BCUT2D eigenvalue weighted by Gasteiger charge is -2.13. The van der Waals surface area contributed by atoms with Crippen LogP contribution in [0.5, 0.6) is 5.75 Å². The highest BCUT2D eigenvalue weighted by molar-refractivity contribution is 7.16. The monoisotopic (exact) mass is 325 g/mol. The predicted molar refractivity (Wildman–Crippen MR) is 88.8 cm³/mol. The molecule has 3 heterocycles. The van der Waals surface area contributed by atoms with E-state index >= 15 is 0 Å². The Hall–Kier alpha value is -2.65. The molecule has 4 rings (SSSR count). The van der Waals surface area contributed by atoms with Crippen LogP contribution in [0.2, 0.25) is 0 Å². The van der Waals surface area contributed by atoms with Gasteiger partial charge in [0.15, 0.2) is 11.6 Å². The number of rotatable bonds is 1. The summed E-state index contributed by atoms with van der Waals surface area (Å²) in [6.45, 7) is 3.20. The van der Waals surface area contributed by atoms with Crippen LogP contribution in [0.1, 0.15) is 16.1 Å². The summed E-state index contributed by atoms with van der Waals surface area (Å²) in [7, 11) is 0. The van der Waals surface area contributed by atoms with Crippen molar-refractivity contribution in [3.63, 3.8) is 0 Å². The lowest BCUT2D eigenvalue weighted by atomic mass is 10.1. The van der Waals surface area contributed by atoms with Crippen molar-refractivity contribution < 1.29 is 9.50 Å². The van der Waals surface area contributed by atoms with Crippen molar-refractivity contribution in [2.24, 2.45) is 4.99 Å². The number of aryl methyl sites for hydroxylation is 1. The van der Waals surface area contributed by atoms with E-state index in [1.165, 1.54) is 17.4 Å². The number of hydrogen-bond donors (Lipinski definition) is 1. The van der Waals surface area contributed by atoms with Crippen LogP contribution in [0.15, 0.2) is 23.2 Å². The Balaban J connectivity index is 2.15. The van der Waals surface area contributed by atoms with E-state index in [9.17, 15) is 9.50 Å². The summed E-state index contributed by atoms with van der Waals surface area (Å²) in [5.41, 5.74) is 3.21. The number of phenols is 1. The first-order valence-electron chi connectivity index (χ1n) is 7.16. The average molecular weight is 325 g/mol. The van der Waals surface area contributed by atoms with Gasteiger partial charge in [-0.3, -0.25) is 4.99 Å². The first-order chi connectivity index (χ1) is 11.1. The Morgan fingerprint density at radius 1 is 1.43 bits per heavy atom. The van der Waals surface area contributed by atoms with Crippen LogP contribution in [0, 0.1) is 24.1 Å². The molecule has 0 atom stereocenters. The third kappa shape index (κ3) is 1.90. The van der Waals surface area contributed by atoms with Gasteiger partial charge in [0.05, 0.1) is 17.8 Å². The van der Waals surface area contributed by atoms with Gasteiger partial charge in [0.25, 0.3) is 0 Å². The van der Waals surface area contributed by atoms with Gasteiger partial charge in [0, 0.05) is 28.6 Å². The molecule has 0 saturated carbocycles. The number of benzene rings is 1. The number of aliphatic imine (C=N–C) groups is 1. The van der Waals surface area contributed by atoms with E-state index in [-0.39, 0.29) is 5.75 Å². The quantitative estimate of drug-likeness (QED) is 0.739. The number of halogens is 1. The van der Waals surface area contributed by atoms with Crippen LogP contribution >= 0.6 is 11.3 Å². The molecule has 0 bridgehead atoms. The number of nitriles is 1. The van der Waals surface area contributed by atoms with Crippen LogP contribution in [0.3, 0.4) is 0 Å². The van der Waals surface area contributed by atoms with Gasteiger partial charge in [-0.2, -0.15) is 5.26 Å². The normalized spacial score (nSPS) is 13.3. The van der Waals surface area contributed by atoms with Crippen LogP contribution in [-0.4, -0.2) is 22.4 Å². The second-order valence-electron chi connectivity index (χ2n) is 5.45. The van der Waals surface area contributed by atoms with Gasteiger partial charge in [-0.1, -0.05) is 0 Å². The van der Waals surface area contributed by atoms with Crippen molar-refractivity contribution in [1.29, 1.82) is 5.26 Å². The smallest absolute Gasteiger partial charge is 0.166 e. The number of fused-ring (bicyclic) bond motifs is 3. The molecular weight excluding hydrogens is 313 g/mol. The molecule has 2 aromatic heterocycles. The van der Waals surface area contributed by atoms with Crippen molar-refractivity contribution in [3.05, 3.63) is 40.2 Å². The zero-order valence-corrected chi connectivity index (χ0v) is 13.1. The maximum atomic E-state index is 14.3. The Kier molecular flexibility index (Phi) is 3.00. The zero-order valence-electron chi connectivity index (χ0n) is 12.3. The Morgan fingerprint density at radius 3 is 3.00 bits per heavy atom. The van der Waals surface area contributed by atoms with E-state index in [1.807, 2.05) is 13.0 Å². The van der Waals surface area contributed by atoms with Crippen molar-refractivity contribution in [3.8, 4) is 22.3 Å². The molecule has 0 fully saturated rings. The number of hydrogen-bond acceptors (Lipinski definition) is 4. The molecule has 23 heavy (non-hydrogen) atoms. The molecule has 1 aliphatic rings. The van der Waals surface area contributed by atoms with E-state index in [0.29, 0.717) is 28.9 Å². The highest BCUT2D eigenvalue weighted by Crippen LogP contribution is 2.42. The summed E-state index contributed by atoms with van der Waals surface area (Å²) >= 11 is 1.32. The Labute approximate surface area is 135 Å². The molecule has 0 amide bonds. The van der Waals surface area contributed by atoms with Gasteiger partial charge < -0.3 is 9.67 Å². The largest absolute Gasteiger partial charge is 0.504 e. The maximum Gasteiger partial charge on any atom is 0.166 e. The van der Waals surface area contributed by atoms with E-state index in [0.717, 1.165) is 21.7 Å². The molecule has 4 nitrogen and oxygen atoms in total. The van der Waals surface area contributed by atoms with Crippen LogP contribution in [-0.2, 0) is 6.54 Å². The fourth-order valence-corrected chi connectivity index (χ4v) is 3.97. The summed E-state index contributed by atoms with van der Waals surface area (Å²) < 4.78 is 16.3. The number of aromatic hydroxyl groups is 1. The fourth-order valence-electron chi connectivity index (χ4n) is 3.15. The predicted octanol–water partition coefficient (Wildman–Crippen LogP) is 3.83. The molecule has 0 saturated heterocycles. The minimum atomic E-state index is -0.651. The molecule has 3 aromatic rings. The lowest BCUT2D eigenvalue weighted by molar-refractivity contribution is 0.439. The molecule has 0 unspecified atom stereocenters. The summed E-state index contributed by atoms with van der Waals surface area (Å²) in [4.78, 5) is 5.67. The molecule has 1 aliphatic heterocycles. The zero-order chi connectivity index (χ0) is 16.1. The molecule has 6 heteroatoms. The SMILES string of the molecule is Cc1c2n(c3c(-c4ccc(C#N)s4)cc(F)c(O)c13)CCN=C2. The van der Waals surface area contributed by atoms with E-state index in [2.05, 4.69) is 15.6 Å². The van der Waals surface area contributed by atoms with Gasteiger partial charge in [0.1, 0.15) is 10.9 Å². The third-order valence-electron chi connectivity index (χ3n) is 4.19. The van der Waals surface area contributed by atoms with Crippen LogP contribution in [0.4, 0.5) is 4.39 Å². The van der Waals surface area contributed by atoms with Crippen molar-refractivity contribution in [1.82, 2.24) is 4.57 Å². The third-order valence-corrected chi connectivity index (χ3v) is 5.22. The molecular formula is C17H12FN3OS. The average Bonchev–Trinajstić information content (AvgIpc) is 3.15. The van der Waals surface area contributed by atoms with E-state index in [4.69, 9.17) is 5.26 Å². The van der Waals surface area contributed by atoms with Gasteiger partial charge in [-0.25, -0.2) is 4.39 Å². The topological polar surface area (TPSA) is 61.3 Å². The minimum absolute atomic E-state index is 0.325. The second kappa shape index (κ2) is 4.93. The summed E-state index contributed by atoms with van der Waals surface area (Å²) in [5.74, 6) is -0.976. The highest BCUT2D eigenvalue weighted by Gasteiger charge is 2.24. The maximum absolute atomic E-state index is 14.3. The van der Waals surface area contributed by atoms with Crippen molar-refractivity contribution in [2.45, 2.75) is 13.5 Å². The molecule has 0 aliphatic carbocycles. The summed E-state index contributed by atoms with van der Waals surface area (Å²) in [5, 5.41) is 19.8. The second-order valence-corrected chi connectivity index (χ2v) is 6.53. The standard InChI is InChI=1S/C17H12FN3OS/c1-9-13-8-20-4-5-21(13)16-11(6-12(18)17(22)15(9)16)14-3-2-10(7-19)23-14/h2-3,6,8,22H,4-5H2,1H3. The van der Waals surface area contributed by atoms with Crippen LogP contribution in [0.25, 0.3) is 21.3 Å². The molecule has 1 aromatic carbocycles. The van der Waals surface area contributed by atoms with Crippen molar-refractivity contribution in [2.75, 3.05) is 6.54 Å². The molecule has 0 spiro atoms. The van der Waals surface area contributed by atoms with Gasteiger partial charge in [-0.15, -0.1) is 11.3 Å². The number of nitrogens with zero attached hydrogens (tertiary/aromatic N) is 3. The summed E-state index contributed by atoms with van der Waals surface area (Å²) in [6, 6.07) is 7.00. The minimum Gasteiger partial charge on any atom is -0.504 e. The van der Waals surface area contributed by atoms with Crippen molar-refractivity contribution >= 4 is 28.5 Å². The van der Waals surface area contributed by atoms with Gasteiger partial charge >= 0.3 is 0 Å². The number of phenolic OH excluding ortho intramolecular Hbond substituents is 1. The Bertz CT molecular complexity index is 1020. The molecule has 114 valence electrons. The molecule has 1 N–H and O–H groups in total. The first kappa shape index (κ1) is 14.0. The van der Waals surface area contributed by atoms with Gasteiger partial charge in [0.2, 0.25) is 0 Å². The Morgan fingerprint density at radius 2 is 2.26 bits per heavy atom. The number of aromatic nitrogens is 1. The fraction of sp³-hybridized carbons (Fsp3) is 0.176. The van der Waals surface area contributed by atoms with E-state index in [1.54, 1.807) is 12.3 Å². The highest BCUT2D eigenvalue weighted by atomic mass is 32.1. The first-order valence-corrected chi connectivity index (χ1v) is 7.98. The number of thiophene rings is 1.